The molecule has 162 valence electrons. The van der Waals surface area contributed by atoms with E-state index in [9.17, 15) is 13.2 Å². The number of ether oxygens (including phenoxy) is 2. The number of hydrogen-bond donors (Lipinski definition) is 1. The van der Waals surface area contributed by atoms with Gasteiger partial charge in [-0.3, -0.25) is 4.79 Å². The Bertz CT molecular complexity index is 975. The highest BCUT2D eigenvalue weighted by Gasteiger charge is 2.12. The van der Waals surface area contributed by atoms with Crippen molar-refractivity contribution < 1.29 is 22.7 Å². The zero-order chi connectivity index (χ0) is 22.0. The van der Waals surface area contributed by atoms with Gasteiger partial charge in [0.15, 0.2) is 21.3 Å². The first-order valence-corrected chi connectivity index (χ1v) is 11.7. The molecule has 1 amide bonds. The second-order valence-corrected chi connectivity index (χ2v) is 9.11. The van der Waals surface area contributed by atoms with Crippen LogP contribution in [-0.4, -0.2) is 40.3 Å². The van der Waals surface area contributed by atoms with Gasteiger partial charge in [-0.1, -0.05) is 41.9 Å². The summed E-state index contributed by atoms with van der Waals surface area (Å²) in [6, 6.07) is 12.4. The Morgan fingerprint density at radius 2 is 1.93 bits per heavy atom. The van der Waals surface area contributed by atoms with Crippen molar-refractivity contribution in [3.8, 4) is 11.5 Å². The van der Waals surface area contributed by atoms with Crippen LogP contribution in [0.25, 0.3) is 6.08 Å². The van der Waals surface area contributed by atoms with Crippen LogP contribution in [0.4, 0.5) is 0 Å². The molecule has 30 heavy (non-hydrogen) atoms. The van der Waals surface area contributed by atoms with Gasteiger partial charge in [-0.05, 0) is 42.7 Å². The zero-order valence-electron chi connectivity index (χ0n) is 17.1. The average molecular weight is 452 g/mol. The van der Waals surface area contributed by atoms with Crippen LogP contribution in [0.5, 0.6) is 11.5 Å². The number of hydrogen-bond acceptors (Lipinski definition) is 5. The van der Waals surface area contributed by atoms with Gasteiger partial charge in [-0.25, -0.2) is 8.42 Å². The van der Waals surface area contributed by atoms with E-state index >= 15 is 0 Å². The summed E-state index contributed by atoms with van der Waals surface area (Å²) in [6.07, 6.45) is 3.32. The molecule has 0 heterocycles. The van der Waals surface area contributed by atoms with Crippen molar-refractivity contribution in [3.05, 3.63) is 64.7 Å². The number of carbonyl (C=O) groups excluding carboxylic acids is 1. The maximum Gasteiger partial charge on any atom is 0.243 e. The first kappa shape index (κ1) is 23.8. The Morgan fingerprint density at radius 3 is 2.60 bits per heavy atom. The summed E-state index contributed by atoms with van der Waals surface area (Å²) in [7, 11) is -1.71. The maximum atomic E-state index is 12.2. The van der Waals surface area contributed by atoms with Crippen molar-refractivity contribution in [2.45, 2.75) is 19.1 Å². The minimum atomic E-state index is -3.22. The molecule has 8 heteroatoms. The number of sulfone groups is 1. The van der Waals surface area contributed by atoms with E-state index in [0.29, 0.717) is 35.1 Å². The lowest BCUT2D eigenvalue weighted by atomic mass is 10.2. The highest BCUT2D eigenvalue weighted by Crippen LogP contribution is 2.36. The van der Waals surface area contributed by atoms with Crippen LogP contribution in [0.1, 0.15) is 24.5 Å². The molecular weight excluding hydrogens is 426 g/mol. The summed E-state index contributed by atoms with van der Waals surface area (Å²) < 4.78 is 35.1. The molecule has 0 atom stereocenters. The lowest BCUT2D eigenvalue weighted by Gasteiger charge is -2.11. The Hall–Kier alpha value is -2.51. The molecule has 2 aromatic rings. The third kappa shape index (κ3) is 7.72. The van der Waals surface area contributed by atoms with Gasteiger partial charge in [0.05, 0.1) is 30.2 Å². The molecule has 6 nitrogen and oxygen atoms in total. The summed E-state index contributed by atoms with van der Waals surface area (Å²) >= 11 is 6.19. The van der Waals surface area contributed by atoms with E-state index in [1.54, 1.807) is 30.3 Å². The molecule has 0 unspecified atom stereocenters. The molecule has 0 aromatic heterocycles. The van der Waals surface area contributed by atoms with Gasteiger partial charge < -0.3 is 14.8 Å². The van der Waals surface area contributed by atoms with Crippen LogP contribution < -0.4 is 14.8 Å². The van der Waals surface area contributed by atoms with Crippen molar-refractivity contribution in [2.24, 2.45) is 0 Å². The number of methoxy groups -OCH3 is 1. The fourth-order valence-electron chi connectivity index (χ4n) is 2.78. The highest BCUT2D eigenvalue weighted by atomic mass is 35.5. The second-order valence-electron chi connectivity index (χ2n) is 6.52. The number of carbonyl (C=O) groups is 1. The Labute approximate surface area is 182 Å². The topological polar surface area (TPSA) is 81.7 Å². The van der Waals surface area contributed by atoms with Crippen LogP contribution >= 0.6 is 11.6 Å². The molecule has 0 fully saturated rings. The van der Waals surface area contributed by atoms with Crippen molar-refractivity contribution >= 4 is 33.4 Å². The van der Waals surface area contributed by atoms with Gasteiger partial charge in [-0.2, -0.15) is 0 Å². The Morgan fingerprint density at radius 1 is 1.20 bits per heavy atom. The first-order valence-electron chi connectivity index (χ1n) is 9.55. The number of halogens is 1. The standard InChI is InChI=1S/C22H26ClNO5S/c1-3-29-20-15-18(14-19(23)22(20)28-2)10-11-21(25)24-12-7-13-30(26,27)16-17-8-5-4-6-9-17/h4-6,8-11,14-15H,3,7,12-13,16H2,1-2H3,(H,24,25). The molecule has 0 saturated heterocycles. The van der Waals surface area contributed by atoms with Gasteiger partial charge in [0.1, 0.15) is 0 Å². The van der Waals surface area contributed by atoms with Gasteiger partial charge in [0.2, 0.25) is 5.91 Å². The van der Waals surface area contributed by atoms with Gasteiger partial charge in [0, 0.05) is 12.6 Å². The van der Waals surface area contributed by atoms with Crippen molar-refractivity contribution in [2.75, 3.05) is 26.0 Å². The smallest absolute Gasteiger partial charge is 0.243 e. The molecule has 0 aliphatic carbocycles. The van der Waals surface area contributed by atoms with Crippen molar-refractivity contribution in [1.82, 2.24) is 5.32 Å². The second kappa shape index (κ2) is 11.6. The fourth-order valence-corrected chi connectivity index (χ4v) is 4.51. The van der Waals surface area contributed by atoms with Gasteiger partial charge in [0.25, 0.3) is 0 Å². The van der Waals surface area contributed by atoms with Crippen LogP contribution in [0.3, 0.4) is 0 Å². The highest BCUT2D eigenvalue weighted by molar-refractivity contribution is 7.90. The average Bonchev–Trinajstić information content (AvgIpc) is 2.70. The summed E-state index contributed by atoms with van der Waals surface area (Å²) in [5.74, 6) is 0.633. The predicted octanol–water partition coefficient (Wildman–Crippen LogP) is 3.88. The molecule has 0 spiro atoms. The number of rotatable bonds is 11. The predicted molar refractivity (Wildman–Crippen MR) is 120 cm³/mol. The minimum absolute atomic E-state index is 0.00207. The van der Waals surface area contributed by atoms with Crippen LogP contribution in [-0.2, 0) is 20.4 Å². The third-order valence-electron chi connectivity index (χ3n) is 4.12. The number of amides is 1. The van der Waals surface area contributed by atoms with E-state index in [4.69, 9.17) is 21.1 Å². The Balaban J connectivity index is 1.84. The third-order valence-corrected chi connectivity index (χ3v) is 6.09. The fraction of sp³-hybridized carbons (Fsp3) is 0.318. The molecule has 0 aliphatic rings. The number of benzene rings is 2. The SMILES string of the molecule is CCOc1cc(C=CC(=O)NCCCS(=O)(=O)Cc2ccccc2)cc(Cl)c1OC. The molecule has 0 radical (unpaired) electrons. The van der Waals surface area contributed by atoms with E-state index in [1.807, 2.05) is 25.1 Å². The lowest BCUT2D eigenvalue weighted by Crippen LogP contribution is -2.24. The quantitative estimate of drug-likeness (QED) is 0.414. The van der Waals surface area contributed by atoms with E-state index in [-0.39, 0.29) is 24.0 Å². The normalized spacial score (nSPS) is 11.4. The van der Waals surface area contributed by atoms with Crippen LogP contribution in [0, 0.1) is 0 Å². The number of nitrogens with one attached hydrogen (secondary N) is 1. The first-order chi connectivity index (χ1) is 14.3. The molecule has 0 bridgehead atoms. The van der Waals surface area contributed by atoms with Gasteiger partial charge >= 0.3 is 0 Å². The summed E-state index contributed by atoms with van der Waals surface area (Å²) in [5.41, 5.74) is 1.44. The Kier molecular flexibility index (Phi) is 9.20. The largest absolute Gasteiger partial charge is 0.491 e. The van der Waals surface area contributed by atoms with Crippen LogP contribution in [0.2, 0.25) is 5.02 Å². The molecular formula is C22H26ClNO5S. The van der Waals surface area contributed by atoms with Gasteiger partial charge in [-0.15, -0.1) is 0 Å². The molecule has 2 rings (SSSR count). The minimum Gasteiger partial charge on any atom is -0.491 e. The zero-order valence-corrected chi connectivity index (χ0v) is 18.6. The molecule has 2 aromatic carbocycles. The maximum absolute atomic E-state index is 12.2. The lowest BCUT2D eigenvalue weighted by molar-refractivity contribution is -0.116. The van der Waals surface area contributed by atoms with E-state index < -0.39 is 9.84 Å². The summed E-state index contributed by atoms with van der Waals surface area (Å²) in [4.78, 5) is 12.0. The van der Waals surface area contributed by atoms with Crippen molar-refractivity contribution in [1.29, 1.82) is 0 Å². The molecule has 0 aliphatic heterocycles. The van der Waals surface area contributed by atoms with E-state index in [0.717, 1.165) is 5.56 Å². The monoisotopic (exact) mass is 451 g/mol. The van der Waals surface area contributed by atoms with Crippen molar-refractivity contribution in [3.63, 3.8) is 0 Å². The summed E-state index contributed by atoms with van der Waals surface area (Å²) in [6.45, 7) is 2.57. The molecule has 1 N–H and O–H groups in total. The van der Waals surface area contributed by atoms with E-state index in [2.05, 4.69) is 5.32 Å². The summed E-state index contributed by atoms with van der Waals surface area (Å²) in [5, 5.41) is 3.07. The molecule has 0 saturated carbocycles. The van der Waals surface area contributed by atoms with Crippen LogP contribution in [0.15, 0.2) is 48.5 Å². The van der Waals surface area contributed by atoms with E-state index in [1.165, 1.54) is 13.2 Å².